The van der Waals surface area contributed by atoms with Crippen LogP contribution in [0, 0.1) is 11.8 Å². The fourth-order valence-electron chi connectivity index (χ4n) is 3.80. The van der Waals surface area contributed by atoms with Gasteiger partial charge in [0.1, 0.15) is 5.69 Å². The van der Waals surface area contributed by atoms with Gasteiger partial charge in [0.15, 0.2) is 0 Å². The van der Waals surface area contributed by atoms with Gasteiger partial charge in [-0.3, -0.25) is 19.3 Å². The summed E-state index contributed by atoms with van der Waals surface area (Å²) in [6.07, 6.45) is 7.59. The topological polar surface area (TPSA) is 88.9 Å². The molecule has 2 amide bonds. The van der Waals surface area contributed by atoms with Gasteiger partial charge in [0.25, 0.3) is 5.91 Å². The second kappa shape index (κ2) is 8.79. The molecule has 3 rings (SSSR count). The summed E-state index contributed by atoms with van der Waals surface area (Å²) < 4.78 is 1.62. The third kappa shape index (κ3) is 5.15. The van der Waals surface area contributed by atoms with Gasteiger partial charge in [-0.1, -0.05) is 6.07 Å². The minimum atomic E-state index is -0.123. The Kier molecular flexibility index (Phi) is 6.21. The van der Waals surface area contributed by atoms with Gasteiger partial charge >= 0.3 is 0 Å². The number of hydrogen-bond donors (Lipinski definition) is 2. The number of aryl methyl sites for hydroxylation is 1. The van der Waals surface area contributed by atoms with Crippen LogP contribution in [0.4, 0.5) is 0 Å². The zero-order valence-corrected chi connectivity index (χ0v) is 15.9. The molecule has 1 aliphatic carbocycles. The highest BCUT2D eigenvalue weighted by Crippen LogP contribution is 2.36. The molecule has 2 N–H and O–H groups in total. The van der Waals surface area contributed by atoms with Crippen LogP contribution in [-0.2, 0) is 11.8 Å². The van der Waals surface area contributed by atoms with Crippen molar-refractivity contribution in [3.8, 4) is 0 Å². The first-order valence-electron chi connectivity index (χ1n) is 9.49. The Morgan fingerprint density at radius 3 is 2.59 bits per heavy atom. The standard InChI is InChI=1S/C20H27N5O2/c1-14(26)23-19(17-5-3-4-11-21-17)16-8-6-15(7-9-16)13-22-20(27)18-10-12-25(2)24-18/h3-5,10-12,15-16,19H,6-9,13H2,1-2H3,(H,22,27)(H,23,26)/t15?,16?,19-/m0/s1. The highest BCUT2D eigenvalue weighted by molar-refractivity contribution is 5.92. The first-order chi connectivity index (χ1) is 13.0. The minimum absolute atomic E-state index is 0.0320. The van der Waals surface area contributed by atoms with Crippen LogP contribution in [0.2, 0.25) is 0 Å². The number of pyridine rings is 1. The fourth-order valence-corrected chi connectivity index (χ4v) is 3.80. The molecule has 0 bridgehead atoms. The number of hydrogen-bond acceptors (Lipinski definition) is 4. The van der Waals surface area contributed by atoms with Crippen LogP contribution in [0.25, 0.3) is 0 Å². The Balaban J connectivity index is 1.52. The minimum Gasteiger partial charge on any atom is -0.350 e. The predicted molar refractivity (Wildman–Crippen MR) is 102 cm³/mol. The third-order valence-electron chi connectivity index (χ3n) is 5.23. The molecular formula is C20H27N5O2. The summed E-state index contributed by atoms with van der Waals surface area (Å²) in [6.45, 7) is 2.21. The van der Waals surface area contributed by atoms with E-state index in [1.165, 1.54) is 0 Å². The van der Waals surface area contributed by atoms with Crippen molar-refractivity contribution < 1.29 is 9.59 Å². The molecule has 2 aromatic heterocycles. The number of nitrogens with zero attached hydrogens (tertiary/aromatic N) is 3. The Morgan fingerprint density at radius 1 is 1.22 bits per heavy atom. The van der Waals surface area contributed by atoms with E-state index in [0.29, 0.717) is 24.1 Å². The van der Waals surface area contributed by atoms with Crippen LogP contribution < -0.4 is 10.6 Å². The van der Waals surface area contributed by atoms with Crippen molar-refractivity contribution >= 4 is 11.8 Å². The van der Waals surface area contributed by atoms with E-state index < -0.39 is 0 Å². The normalized spacial score (nSPS) is 20.7. The summed E-state index contributed by atoms with van der Waals surface area (Å²) in [7, 11) is 1.80. The fraction of sp³-hybridized carbons (Fsp3) is 0.500. The summed E-state index contributed by atoms with van der Waals surface area (Å²) in [6, 6.07) is 7.48. The molecule has 0 aliphatic heterocycles. The van der Waals surface area contributed by atoms with Crippen LogP contribution in [0.3, 0.4) is 0 Å². The van der Waals surface area contributed by atoms with Crippen molar-refractivity contribution in [2.24, 2.45) is 18.9 Å². The molecule has 0 unspecified atom stereocenters. The lowest BCUT2D eigenvalue weighted by molar-refractivity contribution is -0.120. The maximum absolute atomic E-state index is 12.1. The summed E-state index contributed by atoms with van der Waals surface area (Å²) >= 11 is 0. The molecular weight excluding hydrogens is 342 g/mol. The van der Waals surface area contributed by atoms with E-state index in [1.807, 2.05) is 18.2 Å². The van der Waals surface area contributed by atoms with E-state index in [4.69, 9.17) is 0 Å². The van der Waals surface area contributed by atoms with Gasteiger partial charge < -0.3 is 10.6 Å². The van der Waals surface area contributed by atoms with E-state index in [9.17, 15) is 9.59 Å². The highest BCUT2D eigenvalue weighted by atomic mass is 16.2. The molecule has 0 radical (unpaired) electrons. The summed E-state index contributed by atoms with van der Waals surface area (Å²) in [5.41, 5.74) is 1.37. The summed E-state index contributed by atoms with van der Waals surface area (Å²) in [4.78, 5) is 28.2. The molecule has 7 heteroatoms. The molecule has 7 nitrogen and oxygen atoms in total. The first kappa shape index (κ1) is 19.1. The van der Waals surface area contributed by atoms with Crippen molar-refractivity contribution in [1.29, 1.82) is 0 Å². The molecule has 1 fully saturated rings. The van der Waals surface area contributed by atoms with E-state index in [-0.39, 0.29) is 17.9 Å². The van der Waals surface area contributed by atoms with Crippen LogP contribution >= 0.6 is 0 Å². The molecule has 1 saturated carbocycles. The largest absolute Gasteiger partial charge is 0.350 e. The molecule has 27 heavy (non-hydrogen) atoms. The average Bonchev–Trinajstić information content (AvgIpc) is 3.12. The van der Waals surface area contributed by atoms with Crippen LogP contribution in [-0.4, -0.2) is 33.1 Å². The van der Waals surface area contributed by atoms with Gasteiger partial charge in [0.2, 0.25) is 5.91 Å². The Hall–Kier alpha value is -2.70. The molecule has 0 saturated heterocycles. The van der Waals surface area contributed by atoms with Gasteiger partial charge in [-0.05, 0) is 55.7 Å². The Bertz CT molecular complexity index is 766. The molecule has 0 spiro atoms. The van der Waals surface area contributed by atoms with Crippen LogP contribution in [0.15, 0.2) is 36.7 Å². The van der Waals surface area contributed by atoms with Crippen molar-refractivity contribution in [2.45, 2.75) is 38.6 Å². The predicted octanol–water partition coefficient (Wildman–Crippen LogP) is 2.23. The maximum atomic E-state index is 12.1. The number of amides is 2. The Labute approximate surface area is 159 Å². The van der Waals surface area contributed by atoms with E-state index >= 15 is 0 Å². The molecule has 1 aliphatic rings. The molecule has 1 atom stereocenters. The van der Waals surface area contributed by atoms with Crippen LogP contribution in [0.1, 0.15) is 54.8 Å². The lowest BCUT2D eigenvalue weighted by Crippen LogP contribution is -2.36. The van der Waals surface area contributed by atoms with Crippen molar-refractivity contribution in [3.05, 3.63) is 48.0 Å². The molecule has 144 valence electrons. The van der Waals surface area contributed by atoms with Gasteiger partial charge in [-0.25, -0.2) is 0 Å². The molecule has 2 aromatic rings. The monoisotopic (exact) mass is 369 g/mol. The van der Waals surface area contributed by atoms with Crippen molar-refractivity contribution in [2.75, 3.05) is 6.54 Å². The summed E-state index contributed by atoms with van der Waals surface area (Å²) in [5.74, 6) is 0.667. The second-order valence-electron chi connectivity index (χ2n) is 7.30. The third-order valence-corrected chi connectivity index (χ3v) is 5.23. The molecule has 0 aromatic carbocycles. The SMILES string of the molecule is CC(=O)N[C@H](c1ccccn1)C1CCC(CNC(=O)c2ccn(C)n2)CC1. The second-order valence-corrected chi connectivity index (χ2v) is 7.30. The maximum Gasteiger partial charge on any atom is 0.271 e. The molecule has 2 heterocycles. The number of rotatable bonds is 6. The quantitative estimate of drug-likeness (QED) is 0.817. The van der Waals surface area contributed by atoms with Gasteiger partial charge in [-0.15, -0.1) is 0 Å². The lowest BCUT2D eigenvalue weighted by atomic mass is 9.77. The zero-order valence-electron chi connectivity index (χ0n) is 15.9. The van der Waals surface area contributed by atoms with E-state index in [0.717, 1.165) is 31.4 Å². The number of nitrogens with one attached hydrogen (secondary N) is 2. The number of carbonyl (C=O) groups is 2. The Morgan fingerprint density at radius 2 is 2.00 bits per heavy atom. The zero-order chi connectivity index (χ0) is 19.2. The van der Waals surface area contributed by atoms with Gasteiger partial charge in [0.05, 0.1) is 11.7 Å². The van der Waals surface area contributed by atoms with E-state index in [1.54, 1.807) is 37.1 Å². The lowest BCUT2D eigenvalue weighted by Gasteiger charge is -2.34. The number of aromatic nitrogens is 3. The van der Waals surface area contributed by atoms with E-state index in [2.05, 4.69) is 20.7 Å². The summed E-state index contributed by atoms with van der Waals surface area (Å²) in [5, 5.41) is 10.2. The van der Waals surface area contributed by atoms with Crippen molar-refractivity contribution in [3.63, 3.8) is 0 Å². The van der Waals surface area contributed by atoms with Gasteiger partial charge in [0, 0.05) is 32.9 Å². The smallest absolute Gasteiger partial charge is 0.271 e. The van der Waals surface area contributed by atoms with Gasteiger partial charge in [-0.2, -0.15) is 5.10 Å². The van der Waals surface area contributed by atoms with Crippen molar-refractivity contribution in [1.82, 2.24) is 25.4 Å². The first-order valence-corrected chi connectivity index (χ1v) is 9.49. The average molecular weight is 369 g/mol. The highest BCUT2D eigenvalue weighted by Gasteiger charge is 2.30. The van der Waals surface area contributed by atoms with Crippen LogP contribution in [0.5, 0.6) is 0 Å². The number of carbonyl (C=O) groups excluding carboxylic acids is 2.